The molecule has 1 saturated heterocycles. The summed E-state index contributed by atoms with van der Waals surface area (Å²) < 4.78 is 11.1. The van der Waals surface area contributed by atoms with Gasteiger partial charge in [0, 0.05) is 50.7 Å². The number of aromatic nitrogens is 5. The number of hydrogen-bond acceptors (Lipinski definition) is 12. The van der Waals surface area contributed by atoms with Crippen molar-refractivity contribution in [2.75, 3.05) is 63.4 Å². The number of amides is 1. The van der Waals surface area contributed by atoms with Crippen LogP contribution in [0.1, 0.15) is 5.56 Å². The van der Waals surface area contributed by atoms with Crippen molar-refractivity contribution < 1.29 is 14.3 Å². The molecule has 0 unspecified atom stereocenters. The van der Waals surface area contributed by atoms with Crippen molar-refractivity contribution in [2.24, 2.45) is 0 Å². The molecule has 4 rings (SSSR count). The summed E-state index contributed by atoms with van der Waals surface area (Å²) in [6, 6.07) is 5.10. The fourth-order valence-corrected chi connectivity index (χ4v) is 4.28. The first-order chi connectivity index (χ1) is 17.4. The van der Waals surface area contributed by atoms with Gasteiger partial charge in [-0.25, -0.2) is 9.97 Å². The van der Waals surface area contributed by atoms with E-state index in [0.29, 0.717) is 22.6 Å². The molecule has 36 heavy (non-hydrogen) atoms. The first kappa shape index (κ1) is 25.1. The van der Waals surface area contributed by atoms with Crippen LogP contribution in [0, 0.1) is 0 Å². The summed E-state index contributed by atoms with van der Waals surface area (Å²) in [5.41, 5.74) is 6.78. The Balaban J connectivity index is 1.54. The second-order valence-electron chi connectivity index (χ2n) is 7.83. The van der Waals surface area contributed by atoms with Crippen molar-refractivity contribution in [1.29, 1.82) is 0 Å². The maximum absolute atomic E-state index is 12.4. The first-order valence-electron chi connectivity index (χ1n) is 11.1. The van der Waals surface area contributed by atoms with Gasteiger partial charge in [-0.15, -0.1) is 0 Å². The van der Waals surface area contributed by atoms with Crippen LogP contribution in [0.4, 0.5) is 17.6 Å². The van der Waals surface area contributed by atoms with Crippen LogP contribution in [0.25, 0.3) is 6.08 Å². The predicted molar refractivity (Wildman–Crippen MR) is 137 cm³/mol. The zero-order valence-corrected chi connectivity index (χ0v) is 21.0. The van der Waals surface area contributed by atoms with Gasteiger partial charge < -0.3 is 30.3 Å². The number of nitrogens with two attached hydrogens (primary N) is 1. The quantitative estimate of drug-likeness (QED) is 0.337. The van der Waals surface area contributed by atoms with E-state index in [0.717, 1.165) is 43.5 Å². The van der Waals surface area contributed by atoms with Gasteiger partial charge in [-0.2, -0.15) is 9.97 Å². The third-order valence-corrected chi connectivity index (χ3v) is 6.16. The molecule has 1 aliphatic heterocycles. The number of piperazine rings is 1. The molecular weight excluding hydrogens is 482 g/mol. The summed E-state index contributed by atoms with van der Waals surface area (Å²) in [6.45, 7) is 3.42. The van der Waals surface area contributed by atoms with E-state index in [-0.39, 0.29) is 22.7 Å². The Hall–Kier alpha value is -3.97. The number of nitrogens with one attached hydrogen (secondary N) is 1. The molecule has 0 atom stereocenters. The molecule has 188 valence electrons. The Morgan fingerprint density at radius 2 is 1.83 bits per heavy atom. The number of nitrogen functional groups attached to an aromatic ring is 1. The molecule has 1 fully saturated rings. The first-order valence-corrected chi connectivity index (χ1v) is 11.9. The van der Waals surface area contributed by atoms with Gasteiger partial charge in [0.2, 0.25) is 23.6 Å². The van der Waals surface area contributed by atoms with Gasteiger partial charge in [0.15, 0.2) is 5.16 Å². The van der Waals surface area contributed by atoms with Crippen molar-refractivity contribution in [1.82, 2.24) is 29.8 Å². The lowest BCUT2D eigenvalue weighted by Crippen LogP contribution is -2.45. The van der Waals surface area contributed by atoms with Crippen LogP contribution < -0.4 is 25.4 Å². The fraction of sp³-hybridized carbons (Fsp3) is 0.304. The maximum Gasteiger partial charge on any atom is 0.249 e. The van der Waals surface area contributed by atoms with E-state index in [4.69, 9.17) is 15.2 Å². The SMILES string of the molecule is COc1nc(N2CCN(C)CC2)nc(OC)c1Sc1nc(N)cc(NC(=O)/C=C/c2cccnc2)n1. The van der Waals surface area contributed by atoms with Gasteiger partial charge in [-0.1, -0.05) is 6.07 Å². The molecule has 3 N–H and O–H groups in total. The highest BCUT2D eigenvalue weighted by Gasteiger charge is 2.24. The largest absolute Gasteiger partial charge is 0.480 e. The second kappa shape index (κ2) is 11.6. The zero-order valence-electron chi connectivity index (χ0n) is 20.2. The summed E-state index contributed by atoms with van der Waals surface area (Å²) in [5.74, 6) is 1.25. The number of pyridine rings is 1. The van der Waals surface area contributed by atoms with Crippen molar-refractivity contribution in [3.8, 4) is 11.8 Å². The molecule has 12 nitrogen and oxygen atoms in total. The second-order valence-corrected chi connectivity index (χ2v) is 8.81. The van der Waals surface area contributed by atoms with Crippen LogP contribution in [-0.4, -0.2) is 83.2 Å². The molecule has 0 bridgehead atoms. The van der Waals surface area contributed by atoms with Gasteiger partial charge in [0.05, 0.1) is 14.2 Å². The van der Waals surface area contributed by atoms with Crippen LogP contribution in [0.5, 0.6) is 11.8 Å². The summed E-state index contributed by atoms with van der Waals surface area (Å²) in [5, 5.41) is 2.97. The molecule has 0 spiro atoms. The van der Waals surface area contributed by atoms with E-state index in [9.17, 15) is 4.79 Å². The highest BCUT2D eigenvalue weighted by atomic mass is 32.2. The van der Waals surface area contributed by atoms with E-state index < -0.39 is 0 Å². The van der Waals surface area contributed by atoms with Crippen LogP contribution >= 0.6 is 11.8 Å². The Labute approximate surface area is 213 Å². The minimum absolute atomic E-state index is 0.187. The predicted octanol–water partition coefficient (Wildman–Crippen LogP) is 1.82. The number of ether oxygens (including phenoxy) is 2. The van der Waals surface area contributed by atoms with Crippen molar-refractivity contribution in [3.63, 3.8) is 0 Å². The number of carbonyl (C=O) groups excluding carboxylic acids is 1. The number of nitrogens with zero attached hydrogens (tertiary/aromatic N) is 7. The van der Waals surface area contributed by atoms with Crippen molar-refractivity contribution in [2.45, 2.75) is 10.1 Å². The number of anilines is 3. The van der Waals surface area contributed by atoms with Gasteiger partial charge in [0.1, 0.15) is 16.5 Å². The van der Waals surface area contributed by atoms with Crippen LogP contribution in [0.2, 0.25) is 0 Å². The lowest BCUT2D eigenvalue weighted by Gasteiger charge is -2.32. The fourth-order valence-electron chi connectivity index (χ4n) is 3.37. The monoisotopic (exact) mass is 509 g/mol. The smallest absolute Gasteiger partial charge is 0.249 e. The average Bonchev–Trinajstić information content (AvgIpc) is 2.88. The summed E-state index contributed by atoms with van der Waals surface area (Å²) in [7, 11) is 5.14. The van der Waals surface area contributed by atoms with Crippen LogP contribution in [-0.2, 0) is 4.79 Å². The lowest BCUT2D eigenvalue weighted by molar-refractivity contribution is -0.111. The normalized spacial score (nSPS) is 14.1. The Kier molecular flexibility index (Phi) is 8.13. The Morgan fingerprint density at radius 3 is 2.47 bits per heavy atom. The molecule has 0 saturated carbocycles. The molecule has 1 aliphatic rings. The topological polar surface area (TPSA) is 145 Å². The van der Waals surface area contributed by atoms with Crippen molar-refractivity contribution in [3.05, 3.63) is 42.2 Å². The third kappa shape index (κ3) is 6.37. The van der Waals surface area contributed by atoms with E-state index in [2.05, 4.69) is 47.1 Å². The number of methoxy groups -OCH3 is 2. The molecule has 13 heteroatoms. The van der Waals surface area contributed by atoms with Crippen LogP contribution in [0.3, 0.4) is 0 Å². The lowest BCUT2D eigenvalue weighted by atomic mass is 10.2. The molecule has 0 radical (unpaired) electrons. The summed E-state index contributed by atoms with van der Waals surface area (Å²) in [6.07, 6.45) is 6.35. The minimum Gasteiger partial charge on any atom is -0.480 e. The van der Waals surface area contributed by atoms with Gasteiger partial charge in [-0.3, -0.25) is 9.78 Å². The van der Waals surface area contributed by atoms with Gasteiger partial charge >= 0.3 is 0 Å². The molecule has 0 aromatic carbocycles. The Morgan fingerprint density at radius 1 is 1.11 bits per heavy atom. The van der Waals surface area contributed by atoms with E-state index in [1.54, 1.807) is 24.5 Å². The minimum atomic E-state index is -0.372. The number of likely N-dealkylation sites (N-methyl/N-ethyl adjacent to an activating group) is 1. The molecule has 3 aromatic rings. The maximum atomic E-state index is 12.4. The highest BCUT2D eigenvalue weighted by Crippen LogP contribution is 2.40. The van der Waals surface area contributed by atoms with Gasteiger partial charge in [0.25, 0.3) is 0 Å². The molecule has 0 aliphatic carbocycles. The van der Waals surface area contributed by atoms with Crippen LogP contribution in [0.15, 0.2) is 46.7 Å². The highest BCUT2D eigenvalue weighted by molar-refractivity contribution is 7.99. The number of carbonyl (C=O) groups is 1. The Bertz CT molecular complexity index is 1210. The summed E-state index contributed by atoms with van der Waals surface area (Å²) >= 11 is 1.13. The average molecular weight is 510 g/mol. The molecule has 1 amide bonds. The zero-order chi connectivity index (χ0) is 25.5. The van der Waals surface area contributed by atoms with Gasteiger partial charge in [-0.05, 0) is 36.5 Å². The molecule has 3 aromatic heterocycles. The molecular formula is C23H27N9O3S. The van der Waals surface area contributed by atoms with E-state index in [1.807, 2.05) is 6.07 Å². The molecule has 4 heterocycles. The third-order valence-electron chi connectivity index (χ3n) is 5.25. The van der Waals surface area contributed by atoms with Crippen molar-refractivity contribution >= 4 is 41.3 Å². The number of rotatable bonds is 8. The standard InChI is InChI=1S/C23H27N9O3S/c1-31-9-11-32(12-10-31)22-29-20(34-2)19(21(30-22)35-3)36-23-26-16(24)13-17(28-23)27-18(33)7-6-15-5-4-8-25-14-15/h4-8,13-14H,9-12H2,1-3H3,(H3,24,26,27,28,33)/b7-6+. The van der Waals surface area contributed by atoms with E-state index in [1.165, 1.54) is 26.4 Å². The summed E-state index contributed by atoms with van der Waals surface area (Å²) in [4.78, 5) is 39.1. The van der Waals surface area contributed by atoms with E-state index >= 15 is 0 Å². The number of hydrogen-bond donors (Lipinski definition) is 2.